The van der Waals surface area contributed by atoms with Gasteiger partial charge in [-0.3, -0.25) is 4.98 Å². The molecule has 26 heavy (non-hydrogen) atoms. The number of pyridine rings is 1. The van der Waals surface area contributed by atoms with Gasteiger partial charge in [0.1, 0.15) is 5.01 Å². The zero-order chi connectivity index (χ0) is 18.6. The summed E-state index contributed by atoms with van der Waals surface area (Å²) in [5, 5.41) is 0.910. The first-order valence-corrected chi connectivity index (χ1v) is 10.8. The molecule has 0 saturated carbocycles. The van der Waals surface area contributed by atoms with Crippen LogP contribution >= 0.6 is 11.3 Å². The fourth-order valence-corrected chi connectivity index (χ4v) is 4.75. The minimum Gasteiger partial charge on any atom is -0.264 e. The lowest BCUT2D eigenvalue weighted by Gasteiger charge is -2.07. The lowest BCUT2D eigenvalue weighted by Crippen LogP contribution is -2.27. The Morgan fingerprint density at radius 3 is 2.58 bits per heavy atom. The minimum absolute atomic E-state index is 0.00408. The van der Waals surface area contributed by atoms with Crippen molar-refractivity contribution in [3.05, 3.63) is 70.5 Å². The van der Waals surface area contributed by atoms with E-state index in [1.54, 1.807) is 23.7 Å². The second-order valence-electron chi connectivity index (χ2n) is 6.16. The summed E-state index contributed by atoms with van der Waals surface area (Å²) in [5.41, 5.74) is 3.82. The Labute approximate surface area is 158 Å². The van der Waals surface area contributed by atoms with Gasteiger partial charge in [-0.25, -0.2) is 18.1 Å². The monoisotopic (exact) mass is 387 g/mol. The minimum atomic E-state index is -3.35. The van der Waals surface area contributed by atoms with Gasteiger partial charge in [0.2, 0.25) is 10.0 Å². The summed E-state index contributed by atoms with van der Waals surface area (Å²) in [4.78, 5) is 9.77. The van der Waals surface area contributed by atoms with E-state index < -0.39 is 10.0 Å². The second-order valence-corrected chi connectivity index (χ2v) is 9.05. The topological polar surface area (TPSA) is 72.0 Å². The smallest absolute Gasteiger partial charge is 0.215 e. The fourth-order valence-electron chi connectivity index (χ4n) is 2.55. The molecule has 0 saturated heterocycles. The number of thiazole rings is 1. The lowest BCUT2D eigenvalue weighted by molar-refractivity contribution is 0.581. The van der Waals surface area contributed by atoms with E-state index in [1.807, 2.05) is 50.2 Å². The summed E-state index contributed by atoms with van der Waals surface area (Å²) < 4.78 is 27.2. The number of hydrogen-bond acceptors (Lipinski definition) is 5. The van der Waals surface area contributed by atoms with Gasteiger partial charge in [-0.2, -0.15) is 0 Å². The maximum absolute atomic E-state index is 12.3. The number of rotatable bonds is 7. The summed E-state index contributed by atoms with van der Waals surface area (Å²) in [6, 6.07) is 11.4. The Bertz CT molecular complexity index is 966. The third kappa shape index (κ3) is 4.97. The van der Waals surface area contributed by atoms with Crippen molar-refractivity contribution >= 4 is 21.4 Å². The van der Waals surface area contributed by atoms with Crippen LogP contribution in [0.3, 0.4) is 0 Å². The van der Waals surface area contributed by atoms with E-state index in [9.17, 15) is 8.42 Å². The van der Waals surface area contributed by atoms with Gasteiger partial charge in [-0.1, -0.05) is 29.8 Å². The molecule has 3 rings (SSSR count). The van der Waals surface area contributed by atoms with Gasteiger partial charge >= 0.3 is 0 Å². The van der Waals surface area contributed by atoms with Crippen molar-refractivity contribution in [3.63, 3.8) is 0 Å². The molecule has 0 aliphatic carbocycles. The van der Waals surface area contributed by atoms with Crippen LogP contribution in [-0.2, 0) is 22.2 Å². The SMILES string of the molecule is Cc1ccc(CS(=O)(=O)NCCc2sc(-c3cccnc3)nc2C)cc1. The number of nitrogens with zero attached hydrogens (tertiary/aromatic N) is 2. The van der Waals surface area contributed by atoms with E-state index in [-0.39, 0.29) is 5.75 Å². The van der Waals surface area contributed by atoms with Crippen LogP contribution in [0.2, 0.25) is 0 Å². The Hall–Kier alpha value is -2.09. The number of hydrogen-bond donors (Lipinski definition) is 1. The van der Waals surface area contributed by atoms with Crippen molar-refractivity contribution in [2.45, 2.75) is 26.0 Å². The molecule has 5 nitrogen and oxygen atoms in total. The van der Waals surface area contributed by atoms with Crippen molar-refractivity contribution in [2.24, 2.45) is 0 Å². The second kappa shape index (κ2) is 8.07. The van der Waals surface area contributed by atoms with Crippen molar-refractivity contribution in [1.82, 2.24) is 14.7 Å². The van der Waals surface area contributed by atoms with Crippen LogP contribution in [0.1, 0.15) is 21.7 Å². The van der Waals surface area contributed by atoms with E-state index >= 15 is 0 Å². The normalized spacial score (nSPS) is 11.6. The summed E-state index contributed by atoms with van der Waals surface area (Å²) in [6.45, 7) is 4.30. The molecule has 0 unspecified atom stereocenters. The van der Waals surface area contributed by atoms with Crippen LogP contribution in [0, 0.1) is 13.8 Å². The van der Waals surface area contributed by atoms with Crippen LogP contribution in [0.4, 0.5) is 0 Å². The molecule has 7 heteroatoms. The molecule has 2 aromatic heterocycles. The predicted octanol–water partition coefficient (Wildman–Crippen LogP) is 3.48. The highest BCUT2D eigenvalue weighted by Crippen LogP contribution is 2.27. The molecule has 0 atom stereocenters. The van der Waals surface area contributed by atoms with Crippen LogP contribution in [0.5, 0.6) is 0 Å². The van der Waals surface area contributed by atoms with Gasteiger partial charge in [-0.15, -0.1) is 11.3 Å². The molecule has 0 bridgehead atoms. The van der Waals surface area contributed by atoms with E-state index in [1.165, 1.54) is 0 Å². The quantitative estimate of drug-likeness (QED) is 0.674. The van der Waals surface area contributed by atoms with E-state index in [0.717, 1.165) is 32.3 Å². The van der Waals surface area contributed by atoms with Crippen LogP contribution < -0.4 is 4.72 Å². The first-order valence-electron chi connectivity index (χ1n) is 8.32. The molecular formula is C19H21N3O2S2. The number of benzene rings is 1. The highest BCUT2D eigenvalue weighted by molar-refractivity contribution is 7.88. The first-order chi connectivity index (χ1) is 12.4. The molecule has 1 aromatic carbocycles. The molecule has 136 valence electrons. The van der Waals surface area contributed by atoms with Gasteiger partial charge in [0.15, 0.2) is 0 Å². The van der Waals surface area contributed by atoms with E-state index in [4.69, 9.17) is 0 Å². The fraction of sp³-hybridized carbons (Fsp3) is 0.263. The van der Waals surface area contributed by atoms with Gasteiger partial charge in [0, 0.05) is 29.4 Å². The zero-order valence-electron chi connectivity index (χ0n) is 14.8. The Morgan fingerprint density at radius 1 is 1.12 bits per heavy atom. The van der Waals surface area contributed by atoms with Gasteiger partial charge in [0.25, 0.3) is 0 Å². The summed E-state index contributed by atoms with van der Waals surface area (Å²) in [5.74, 6) is -0.00408. The number of nitrogens with one attached hydrogen (secondary N) is 1. The Morgan fingerprint density at radius 2 is 1.88 bits per heavy atom. The zero-order valence-corrected chi connectivity index (χ0v) is 16.4. The predicted molar refractivity (Wildman–Crippen MR) is 106 cm³/mol. The molecular weight excluding hydrogens is 366 g/mol. The molecule has 2 heterocycles. The summed E-state index contributed by atoms with van der Waals surface area (Å²) >= 11 is 1.58. The average molecular weight is 388 g/mol. The number of aromatic nitrogens is 2. The molecule has 3 aromatic rings. The molecule has 1 N–H and O–H groups in total. The van der Waals surface area contributed by atoms with Crippen LogP contribution in [0.15, 0.2) is 48.8 Å². The first kappa shape index (κ1) is 18.7. The standard InChI is InChI=1S/C19H21N3O2S2/c1-14-5-7-16(8-6-14)13-26(23,24)21-11-9-18-15(2)22-19(25-18)17-4-3-10-20-12-17/h3-8,10,12,21H,9,11,13H2,1-2H3. The number of aryl methyl sites for hydroxylation is 2. The third-order valence-corrected chi connectivity index (χ3v) is 6.58. The summed E-state index contributed by atoms with van der Waals surface area (Å²) in [7, 11) is -3.35. The van der Waals surface area contributed by atoms with Crippen molar-refractivity contribution < 1.29 is 8.42 Å². The van der Waals surface area contributed by atoms with Crippen LogP contribution in [-0.4, -0.2) is 24.9 Å². The average Bonchev–Trinajstić information content (AvgIpc) is 2.98. The van der Waals surface area contributed by atoms with E-state index in [0.29, 0.717) is 13.0 Å². The molecule has 0 radical (unpaired) electrons. The van der Waals surface area contributed by atoms with Crippen molar-refractivity contribution in [1.29, 1.82) is 0 Å². The maximum atomic E-state index is 12.3. The van der Waals surface area contributed by atoms with Crippen molar-refractivity contribution in [3.8, 4) is 10.6 Å². The molecule has 0 aliphatic heterocycles. The highest BCUT2D eigenvalue weighted by atomic mass is 32.2. The molecule has 0 spiro atoms. The highest BCUT2D eigenvalue weighted by Gasteiger charge is 2.13. The van der Waals surface area contributed by atoms with Crippen LogP contribution in [0.25, 0.3) is 10.6 Å². The van der Waals surface area contributed by atoms with Gasteiger partial charge < -0.3 is 0 Å². The lowest BCUT2D eigenvalue weighted by atomic mass is 10.2. The largest absolute Gasteiger partial charge is 0.264 e. The van der Waals surface area contributed by atoms with E-state index in [2.05, 4.69) is 14.7 Å². The molecule has 0 amide bonds. The van der Waals surface area contributed by atoms with Crippen molar-refractivity contribution in [2.75, 3.05) is 6.54 Å². The molecule has 0 fully saturated rings. The maximum Gasteiger partial charge on any atom is 0.215 e. The van der Waals surface area contributed by atoms with Gasteiger partial charge in [-0.05, 0) is 38.0 Å². The summed E-state index contributed by atoms with van der Waals surface area (Å²) in [6.07, 6.45) is 4.14. The van der Waals surface area contributed by atoms with Gasteiger partial charge in [0.05, 0.1) is 11.4 Å². The Kier molecular flexibility index (Phi) is 5.80. The molecule has 0 aliphatic rings. The Balaban J connectivity index is 1.59. The third-order valence-electron chi connectivity index (χ3n) is 3.95. The number of sulfonamides is 1.